The third-order valence-corrected chi connectivity index (χ3v) is 7.39. The summed E-state index contributed by atoms with van der Waals surface area (Å²) in [7, 11) is 2.09. The van der Waals surface area contributed by atoms with Crippen molar-refractivity contribution in [2.75, 3.05) is 11.9 Å². The summed E-state index contributed by atoms with van der Waals surface area (Å²) in [5.74, 6) is 1.90. The summed E-state index contributed by atoms with van der Waals surface area (Å²) < 4.78 is 2.22. The molecule has 0 bridgehead atoms. The average molecular weight is 506 g/mol. The van der Waals surface area contributed by atoms with Gasteiger partial charge in [-0.05, 0) is 36.1 Å². The maximum Gasteiger partial charge on any atom is 0.238 e. The van der Waals surface area contributed by atoms with Crippen LogP contribution in [0.15, 0.2) is 110 Å². The number of hydrogen-bond acceptors (Lipinski definition) is 4. The van der Waals surface area contributed by atoms with E-state index in [4.69, 9.17) is 15.0 Å². The molecule has 0 saturated carbocycles. The van der Waals surface area contributed by atoms with Crippen LogP contribution in [0.5, 0.6) is 0 Å². The summed E-state index contributed by atoms with van der Waals surface area (Å²) in [6, 6.07) is 24.7. The van der Waals surface area contributed by atoms with Crippen LogP contribution in [-0.4, -0.2) is 26.6 Å². The Morgan fingerprint density at radius 1 is 0.769 bits per heavy atom. The molecule has 5 nitrogen and oxygen atoms in total. The summed E-state index contributed by atoms with van der Waals surface area (Å²) in [6.45, 7) is 4.38. The molecule has 1 aliphatic carbocycles. The second-order valence-electron chi connectivity index (χ2n) is 9.85. The number of benzene rings is 3. The number of hydrogen-bond donors (Lipinski definition) is 0. The molecule has 0 amide bonds. The molecule has 2 aromatic heterocycles. The third-order valence-electron chi connectivity index (χ3n) is 7.39. The van der Waals surface area contributed by atoms with Gasteiger partial charge in [-0.1, -0.05) is 97.6 Å². The van der Waals surface area contributed by atoms with Crippen molar-refractivity contribution in [3.63, 3.8) is 0 Å². The van der Waals surface area contributed by atoms with Gasteiger partial charge in [0, 0.05) is 35.3 Å². The Morgan fingerprint density at radius 2 is 1.46 bits per heavy atom. The molecule has 0 atom stereocenters. The zero-order valence-electron chi connectivity index (χ0n) is 21.7. The third kappa shape index (κ3) is 3.91. The highest BCUT2D eigenvalue weighted by Gasteiger charge is 2.26. The molecule has 0 unspecified atom stereocenters. The van der Waals surface area contributed by atoms with Gasteiger partial charge in [0.05, 0.1) is 16.9 Å². The van der Waals surface area contributed by atoms with Crippen LogP contribution in [0.25, 0.3) is 51.3 Å². The van der Waals surface area contributed by atoms with Crippen LogP contribution < -0.4 is 4.90 Å². The van der Waals surface area contributed by atoms with Crippen molar-refractivity contribution in [2.45, 2.75) is 12.8 Å². The number of fused-ring (bicyclic) bond motifs is 5. The SMILES string of the molecule is C=C1/C=C\C=C/N(C)c2c1ccc1c3c(n(-c4nc(-c5ccccc5)nc(-c5ccccc5)n4)c21)C=CCC3. The average Bonchev–Trinajstić information content (AvgIpc) is 3.33. The van der Waals surface area contributed by atoms with Crippen molar-refractivity contribution in [1.82, 2.24) is 19.5 Å². The van der Waals surface area contributed by atoms with Crippen molar-refractivity contribution in [3.8, 4) is 28.7 Å². The molecular formula is C34H27N5. The van der Waals surface area contributed by atoms with Crippen LogP contribution in [0.2, 0.25) is 0 Å². The molecule has 3 aromatic carbocycles. The quantitative estimate of drug-likeness (QED) is 0.253. The highest BCUT2D eigenvalue weighted by Crippen LogP contribution is 2.42. The maximum atomic E-state index is 5.10. The minimum absolute atomic E-state index is 0.606. The number of nitrogens with zero attached hydrogens (tertiary/aromatic N) is 5. The second kappa shape index (κ2) is 9.37. The summed E-state index contributed by atoms with van der Waals surface area (Å²) in [5, 5.41) is 1.22. The molecule has 188 valence electrons. The Hall–Kier alpha value is -5.03. The van der Waals surface area contributed by atoms with E-state index in [0.29, 0.717) is 17.6 Å². The predicted molar refractivity (Wildman–Crippen MR) is 161 cm³/mol. The first-order valence-electron chi connectivity index (χ1n) is 13.2. The highest BCUT2D eigenvalue weighted by molar-refractivity contribution is 6.04. The van der Waals surface area contributed by atoms with E-state index in [-0.39, 0.29) is 0 Å². The van der Waals surface area contributed by atoms with Gasteiger partial charge in [0.25, 0.3) is 0 Å². The molecule has 39 heavy (non-hydrogen) atoms. The Morgan fingerprint density at radius 3 is 2.15 bits per heavy atom. The fourth-order valence-corrected chi connectivity index (χ4v) is 5.54. The molecule has 2 aliphatic rings. The smallest absolute Gasteiger partial charge is 0.238 e. The lowest BCUT2D eigenvalue weighted by atomic mass is 9.97. The fraction of sp³-hybridized carbons (Fsp3) is 0.0882. The van der Waals surface area contributed by atoms with E-state index in [1.807, 2.05) is 72.8 Å². The van der Waals surface area contributed by atoms with Crippen LogP contribution in [0.1, 0.15) is 23.2 Å². The number of aromatic nitrogens is 4. The van der Waals surface area contributed by atoms with Crippen molar-refractivity contribution < 1.29 is 0 Å². The summed E-state index contributed by atoms with van der Waals surface area (Å²) in [5.41, 5.74) is 8.57. The monoisotopic (exact) mass is 505 g/mol. The molecule has 0 radical (unpaired) electrons. The zero-order chi connectivity index (χ0) is 26.3. The van der Waals surface area contributed by atoms with Crippen LogP contribution >= 0.6 is 0 Å². The van der Waals surface area contributed by atoms with Crippen LogP contribution in [-0.2, 0) is 6.42 Å². The van der Waals surface area contributed by atoms with Gasteiger partial charge < -0.3 is 4.90 Å². The molecule has 0 N–H and O–H groups in total. The van der Waals surface area contributed by atoms with Crippen LogP contribution in [0.4, 0.5) is 5.69 Å². The molecule has 3 heterocycles. The van der Waals surface area contributed by atoms with Gasteiger partial charge in [-0.2, -0.15) is 9.97 Å². The molecule has 1 aliphatic heterocycles. The van der Waals surface area contributed by atoms with Gasteiger partial charge in [0.15, 0.2) is 11.6 Å². The van der Waals surface area contributed by atoms with Gasteiger partial charge in [-0.25, -0.2) is 4.98 Å². The van der Waals surface area contributed by atoms with Crippen molar-refractivity contribution >= 4 is 28.2 Å². The summed E-state index contributed by atoms with van der Waals surface area (Å²) in [4.78, 5) is 17.3. The van der Waals surface area contributed by atoms with Crippen LogP contribution in [0, 0.1) is 0 Å². The topological polar surface area (TPSA) is 46.8 Å². The number of anilines is 1. The molecule has 0 saturated heterocycles. The normalized spacial score (nSPS) is 15.9. The van der Waals surface area contributed by atoms with E-state index in [1.54, 1.807) is 0 Å². The van der Waals surface area contributed by atoms with Crippen molar-refractivity contribution in [1.29, 1.82) is 0 Å². The first-order valence-corrected chi connectivity index (χ1v) is 13.2. The van der Waals surface area contributed by atoms with E-state index in [1.165, 1.54) is 10.9 Å². The van der Waals surface area contributed by atoms with E-state index in [9.17, 15) is 0 Å². The molecule has 7 rings (SSSR count). The van der Waals surface area contributed by atoms with Gasteiger partial charge in [-0.15, -0.1) is 0 Å². The standard InChI is InChI=1S/C34H27N5/c1-23-13-11-12-22-38(2)30-26(23)20-21-28-27-18-9-10-19-29(27)39(31(28)30)34-36-32(24-14-5-3-6-15-24)35-33(37-34)25-16-7-4-8-17-25/h3-8,10-17,19-22H,1,9,18H2,2H3/b13-11-,22-12-. The minimum Gasteiger partial charge on any atom is -0.349 e. The fourth-order valence-electron chi connectivity index (χ4n) is 5.54. The Kier molecular flexibility index (Phi) is 5.55. The lowest BCUT2D eigenvalue weighted by Crippen LogP contribution is -2.14. The largest absolute Gasteiger partial charge is 0.349 e. The van der Waals surface area contributed by atoms with E-state index in [0.717, 1.165) is 52.0 Å². The van der Waals surface area contributed by atoms with E-state index in [2.05, 4.69) is 59.7 Å². The molecule has 5 heteroatoms. The predicted octanol–water partition coefficient (Wildman–Crippen LogP) is 7.64. The lowest BCUT2D eigenvalue weighted by molar-refractivity contribution is 0.901. The Bertz CT molecular complexity index is 1770. The Balaban J connectivity index is 1.60. The number of rotatable bonds is 3. The first kappa shape index (κ1) is 23.1. The van der Waals surface area contributed by atoms with Gasteiger partial charge in [-0.3, -0.25) is 4.57 Å². The maximum absolute atomic E-state index is 5.10. The summed E-state index contributed by atoms with van der Waals surface area (Å²) >= 11 is 0. The Labute approximate surface area is 227 Å². The molecule has 0 fully saturated rings. The van der Waals surface area contributed by atoms with Crippen LogP contribution in [0.3, 0.4) is 0 Å². The molecule has 5 aromatic rings. The zero-order valence-corrected chi connectivity index (χ0v) is 21.7. The second-order valence-corrected chi connectivity index (χ2v) is 9.85. The van der Waals surface area contributed by atoms with Gasteiger partial charge >= 0.3 is 0 Å². The first-order chi connectivity index (χ1) is 19.2. The van der Waals surface area contributed by atoms with E-state index >= 15 is 0 Å². The minimum atomic E-state index is 0.606. The van der Waals surface area contributed by atoms with E-state index < -0.39 is 0 Å². The number of allylic oxidation sites excluding steroid dienone is 5. The lowest BCUT2D eigenvalue weighted by Gasteiger charge is -2.23. The van der Waals surface area contributed by atoms with Gasteiger partial charge in [0.1, 0.15) is 0 Å². The number of aryl methyl sites for hydroxylation is 1. The van der Waals surface area contributed by atoms with Gasteiger partial charge in [0.2, 0.25) is 5.95 Å². The molecule has 0 spiro atoms. The molecular weight excluding hydrogens is 478 g/mol. The summed E-state index contributed by atoms with van der Waals surface area (Å²) in [6.07, 6.45) is 14.7. The van der Waals surface area contributed by atoms with Crippen molar-refractivity contribution in [3.05, 3.63) is 127 Å². The van der Waals surface area contributed by atoms with Crippen molar-refractivity contribution in [2.24, 2.45) is 0 Å². The highest BCUT2D eigenvalue weighted by atomic mass is 15.2.